The SMILES string of the molecule is CNc1nc(C)cn1C(C)Cn1cccn1. The van der Waals surface area contributed by atoms with Crippen molar-refractivity contribution in [2.24, 2.45) is 0 Å². The number of hydrogen-bond donors (Lipinski definition) is 1. The smallest absolute Gasteiger partial charge is 0.203 e. The second-order valence-corrected chi connectivity index (χ2v) is 3.94. The van der Waals surface area contributed by atoms with Crippen molar-refractivity contribution in [1.82, 2.24) is 19.3 Å². The van der Waals surface area contributed by atoms with Gasteiger partial charge in [0.1, 0.15) is 0 Å². The first kappa shape index (κ1) is 10.7. The molecule has 0 amide bonds. The molecule has 2 rings (SSSR count). The Morgan fingerprint density at radius 2 is 2.31 bits per heavy atom. The maximum Gasteiger partial charge on any atom is 0.203 e. The summed E-state index contributed by atoms with van der Waals surface area (Å²) in [6.45, 7) is 5.00. The lowest BCUT2D eigenvalue weighted by Gasteiger charge is -2.15. The monoisotopic (exact) mass is 219 g/mol. The second-order valence-electron chi connectivity index (χ2n) is 3.94. The molecule has 2 aromatic rings. The molecule has 0 saturated carbocycles. The van der Waals surface area contributed by atoms with Crippen LogP contribution in [-0.2, 0) is 6.54 Å². The highest BCUT2D eigenvalue weighted by atomic mass is 15.3. The van der Waals surface area contributed by atoms with Crippen LogP contribution in [0.3, 0.4) is 0 Å². The molecule has 0 aliphatic rings. The third kappa shape index (κ3) is 2.08. The molecule has 2 heterocycles. The predicted molar refractivity (Wildman–Crippen MR) is 63.4 cm³/mol. The minimum atomic E-state index is 0.323. The van der Waals surface area contributed by atoms with E-state index in [4.69, 9.17) is 0 Å². The Kier molecular flexibility index (Phi) is 2.94. The minimum absolute atomic E-state index is 0.323. The van der Waals surface area contributed by atoms with Crippen LogP contribution in [0.1, 0.15) is 18.7 Å². The number of anilines is 1. The van der Waals surface area contributed by atoms with Crippen LogP contribution >= 0.6 is 0 Å². The molecule has 0 fully saturated rings. The fourth-order valence-corrected chi connectivity index (χ4v) is 1.80. The van der Waals surface area contributed by atoms with Crippen LogP contribution in [-0.4, -0.2) is 26.4 Å². The van der Waals surface area contributed by atoms with Gasteiger partial charge in [0.05, 0.1) is 18.3 Å². The molecule has 0 aliphatic heterocycles. The molecule has 0 radical (unpaired) electrons. The van der Waals surface area contributed by atoms with Crippen LogP contribution in [0.2, 0.25) is 0 Å². The molecule has 0 aromatic carbocycles. The van der Waals surface area contributed by atoms with E-state index in [-0.39, 0.29) is 0 Å². The highest BCUT2D eigenvalue weighted by molar-refractivity contribution is 5.28. The summed E-state index contributed by atoms with van der Waals surface area (Å²) in [6, 6.07) is 2.26. The molecule has 16 heavy (non-hydrogen) atoms. The number of aromatic nitrogens is 4. The third-order valence-electron chi connectivity index (χ3n) is 2.56. The van der Waals surface area contributed by atoms with Gasteiger partial charge in [-0.3, -0.25) is 4.68 Å². The number of nitrogens with zero attached hydrogens (tertiary/aromatic N) is 4. The van der Waals surface area contributed by atoms with Gasteiger partial charge in [-0.2, -0.15) is 5.10 Å². The molecule has 0 spiro atoms. The van der Waals surface area contributed by atoms with Gasteiger partial charge in [-0.15, -0.1) is 0 Å². The van der Waals surface area contributed by atoms with Crippen LogP contribution < -0.4 is 5.32 Å². The summed E-state index contributed by atoms with van der Waals surface area (Å²) < 4.78 is 4.07. The van der Waals surface area contributed by atoms with Crippen LogP contribution in [0, 0.1) is 6.92 Å². The molecule has 0 saturated heterocycles. The lowest BCUT2D eigenvalue weighted by molar-refractivity contribution is 0.440. The third-order valence-corrected chi connectivity index (χ3v) is 2.56. The molecule has 0 bridgehead atoms. The molecule has 5 nitrogen and oxygen atoms in total. The first-order chi connectivity index (χ1) is 7.70. The second kappa shape index (κ2) is 4.38. The van der Waals surface area contributed by atoms with E-state index in [9.17, 15) is 0 Å². The summed E-state index contributed by atoms with van der Waals surface area (Å²) in [5.74, 6) is 0.900. The molecule has 1 N–H and O–H groups in total. The number of hydrogen-bond acceptors (Lipinski definition) is 3. The van der Waals surface area contributed by atoms with E-state index in [1.54, 1.807) is 6.20 Å². The van der Waals surface area contributed by atoms with Gasteiger partial charge in [-0.25, -0.2) is 4.98 Å². The van der Waals surface area contributed by atoms with Gasteiger partial charge < -0.3 is 9.88 Å². The molecule has 86 valence electrons. The van der Waals surface area contributed by atoms with Crippen LogP contribution in [0.25, 0.3) is 0 Å². The summed E-state index contributed by atoms with van der Waals surface area (Å²) in [5, 5.41) is 7.31. The highest BCUT2D eigenvalue weighted by Gasteiger charge is 2.11. The predicted octanol–water partition coefficient (Wildman–Crippen LogP) is 1.69. The summed E-state index contributed by atoms with van der Waals surface area (Å²) in [5.41, 5.74) is 1.02. The summed E-state index contributed by atoms with van der Waals surface area (Å²) in [7, 11) is 1.89. The van der Waals surface area contributed by atoms with Gasteiger partial charge >= 0.3 is 0 Å². The average Bonchev–Trinajstić information content (AvgIpc) is 2.86. The van der Waals surface area contributed by atoms with Crippen molar-refractivity contribution in [3.05, 3.63) is 30.4 Å². The maximum absolute atomic E-state index is 4.40. The Bertz CT molecular complexity index is 443. The van der Waals surface area contributed by atoms with Crippen molar-refractivity contribution < 1.29 is 0 Å². The van der Waals surface area contributed by atoms with Crippen molar-refractivity contribution in [1.29, 1.82) is 0 Å². The Morgan fingerprint density at radius 3 is 2.94 bits per heavy atom. The number of nitrogens with one attached hydrogen (secondary N) is 1. The first-order valence-corrected chi connectivity index (χ1v) is 5.41. The van der Waals surface area contributed by atoms with Crippen molar-refractivity contribution in [3.8, 4) is 0 Å². The van der Waals surface area contributed by atoms with E-state index in [0.29, 0.717) is 6.04 Å². The Morgan fingerprint density at radius 1 is 1.50 bits per heavy atom. The number of imidazole rings is 1. The van der Waals surface area contributed by atoms with Crippen molar-refractivity contribution >= 4 is 5.95 Å². The topological polar surface area (TPSA) is 47.7 Å². The molecule has 1 atom stereocenters. The van der Waals surface area contributed by atoms with Gasteiger partial charge in [0.25, 0.3) is 0 Å². The van der Waals surface area contributed by atoms with Gasteiger partial charge in [0.2, 0.25) is 5.95 Å². The van der Waals surface area contributed by atoms with E-state index < -0.39 is 0 Å². The van der Waals surface area contributed by atoms with Gasteiger partial charge in [-0.05, 0) is 19.9 Å². The molecule has 0 aliphatic carbocycles. The minimum Gasteiger partial charge on any atom is -0.359 e. The zero-order chi connectivity index (χ0) is 11.5. The van der Waals surface area contributed by atoms with E-state index in [0.717, 1.165) is 18.2 Å². The molecular formula is C11H17N5. The van der Waals surface area contributed by atoms with E-state index >= 15 is 0 Å². The number of rotatable bonds is 4. The zero-order valence-electron chi connectivity index (χ0n) is 9.88. The summed E-state index contributed by atoms with van der Waals surface area (Å²) >= 11 is 0. The highest BCUT2D eigenvalue weighted by Crippen LogP contribution is 2.16. The van der Waals surface area contributed by atoms with E-state index in [1.165, 1.54) is 0 Å². The van der Waals surface area contributed by atoms with Gasteiger partial charge in [0, 0.05) is 25.6 Å². The van der Waals surface area contributed by atoms with Crippen molar-refractivity contribution in [2.75, 3.05) is 12.4 Å². The van der Waals surface area contributed by atoms with Gasteiger partial charge in [0.15, 0.2) is 0 Å². The standard InChI is InChI=1S/C11H17N5/c1-9-7-16(11(12-3)14-9)10(2)8-15-6-4-5-13-15/h4-7,10H,8H2,1-3H3,(H,12,14). The fraction of sp³-hybridized carbons (Fsp3) is 0.455. The molecular weight excluding hydrogens is 202 g/mol. The Labute approximate surface area is 95.1 Å². The Hall–Kier alpha value is -1.78. The zero-order valence-corrected chi connectivity index (χ0v) is 9.88. The van der Waals surface area contributed by atoms with Crippen molar-refractivity contribution in [2.45, 2.75) is 26.4 Å². The quantitative estimate of drug-likeness (QED) is 0.851. The lowest BCUT2D eigenvalue weighted by atomic mass is 10.3. The molecule has 2 aromatic heterocycles. The van der Waals surface area contributed by atoms with Crippen LogP contribution in [0.4, 0.5) is 5.95 Å². The van der Waals surface area contributed by atoms with Crippen LogP contribution in [0.5, 0.6) is 0 Å². The molecule has 1 unspecified atom stereocenters. The average molecular weight is 219 g/mol. The van der Waals surface area contributed by atoms with Crippen molar-refractivity contribution in [3.63, 3.8) is 0 Å². The number of aryl methyl sites for hydroxylation is 1. The first-order valence-electron chi connectivity index (χ1n) is 5.41. The van der Waals surface area contributed by atoms with E-state index in [1.807, 2.05) is 30.9 Å². The Balaban J connectivity index is 2.16. The van der Waals surface area contributed by atoms with E-state index in [2.05, 4.69) is 33.1 Å². The lowest BCUT2D eigenvalue weighted by Crippen LogP contribution is -2.14. The normalized spacial score (nSPS) is 12.7. The fourth-order valence-electron chi connectivity index (χ4n) is 1.80. The van der Waals surface area contributed by atoms with Gasteiger partial charge in [-0.1, -0.05) is 0 Å². The summed E-state index contributed by atoms with van der Waals surface area (Å²) in [6.07, 6.45) is 5.82. The van der Waals surface area contributed by atoms with Crippen LogP contribution in [0.15, 0.2) is 24.7 Å². The molecule has 5 heteroatoms. The maximum atomic E-state index is 4.40. The largest absolute Gasteiger partial charge is 0.359 e. The summed E-state index contributed by atoms with van der Waals surface area (Å²) in [4.78, 5) is 4.40.